The number of fused-ring (bicyclic) bond motifs is 3. The first-order valence-electron chi connectivity index (χ1n) is 15.9. The Morgan fingerprint density at radius 2 is 1.93 bits per heavy atom. The van der Waals surface area contributed by atoms with Crippen LogP contribution in [0.15, 0.2) is 40.3 Å². The first-order chi connectivity index (χ1) is 21.9. The standard InChI is InChI=1S/C35H42FN3O4S3/c1-7-35(5,6)22-11-14-24-27(17-22)46-31-29(24)32(41)39(16-15-21-9-12-23(36)13-10-21)34(38-31)44-19-28(40)37-30-25(33(42)43-8-2)18-26(45-30)20(3)4/h9-10,12-13,18,20,22H,7-8,11,14-17,19H2,1-6H3,(H,37,40)/t22-/m0/s1. The number of thioether (sulfide) groups is 1. The maximum Gasteiger partial charge on any atom is 0.341 e. The largest absolute Gasteiger partial charge is 0.462 e. The van der Waals surface area contributed by atoms with E-state index in [-0.39, 0.29) is 41.0 Å². The minimum atomic E-state index is -0.471. The Morgan fingerprint density at radius 1 is 1.20 bits per heavy atom. The molecule has 0 saturated carbocycles. The molecule has 1 aliphatic carbocycles. The van der Waals surface area contributed by atoms with Crippen LogP contribution in [-0.4, -0.2) is 33.8 Å². The smallest absolute Gasteiger partial charge is 0.341 e. The van der Waals surface area contributed by atoms with Crippen molar-refractivity contribution in [1.82, 2.24) is 9.55 Å². The molecule has 0 unspecified atom stereocenters. The molecule has 7 nitrogen and oxygen atoms in total. The van der Waals surface area contributed by atoms with Crippen LogP contribution in [0, 0.1) is 17.2 Å². The predicted molar refractivity (Wildman–Crippen MR) is 187 cm³/mol. The van der Waals surface area contributed by atoms with Gasteiger partial charge >= 0.3 is 5.97 Å². The summed E-state index contributed by atoms with van der Waals surface area (Å²) in [5, 5.41) is 4.53. The normalized spacial score (nSPS) is 14.9. The van der Waals surface area contributed by atoms with Crippen molar-refractivity contribution < 1.29 is 18.7 Å². The third-order valence-corrected chi connectivity index (χ3v) is 12.6. The number of benzene rings is 1. The summed E-state index contributed by atoms with van der Waals surface area (Å²) in [5.74, 6) is -0.348. The number of ether oxygens (including phenoxy) is 1. The van der Waals surface area contributed by atoms with Crippen LogP contribution >= 0.6 is 34.4 Å². The second-order valence-corrected chi connectivity index (χ2v) is 15.9. The van der Waals surface area contributed by atoms with Gasteiger partial charge in [-0.25, -0.2) is 14.2 Å². The van der Waals surface area contributed by atoms with Crippen molar-refractivity contribution in [3.63, 3.8) is 0 Å². The molecule has 5 rings (SSSR count). The number of carbonyl (C=O) groups excluding carboxylic acids is 2. The fourth-order valence-corrected chi connectivity index (χ4v) is 9.07. The van der Waals surface area contributed by atoms with Gasteiger partial charge in [0.15, 0.2) is 5.16 Å². The van der Waals surface area contributed by atoms with Gasteiger partial charge in [0.25, 0.3) is 5.56 Å². The highest BCUT2D eigenvalue weighted by molar-refractivity contribution is 7.99. The number of hydrogen-bond donors (Lipinski definition) is 1. The van der Waals surface area contributed by atoms with Crippen LogP contribution in [0.4, 0.5) is 9.39 Å². The zero-order chi connectivity index (χ0) is 33.2. The number of hydrogen-bond acceptors (Lipinski definition) is 8. The molecular weight excluding hydrogens is 642 g/mol. The molecule has 1 aromatic carbocycles. The van der Waals surface area contributed by atoms with E-state index in [0.29, 0.717) is 40.0 Å². The quantitative estimate of drug-likeness (QED) is 0.0916. The van der Waals surface area contributed by atoms with Crippen molar-refractivity contribution >= 4 is 61.5 Å². The topological polar surface area (TPSA) is 90.3 Å². The van der Waals surface area contributed by atoms with Crippen molar-refractivity contribution in [1.29, 1.82) is 0 Å². The number of nitrogens with one attached hydrogen (secondary N) is 1. The second kappa shape index (κ2) is 14.4. The molecule has 46 heavy (non-hydrogen) atoms. The molecule has 1 amide bonds. The number of anilines is 1. The summed E-state index contributed by atoms with van der Waals surface area (Å²) in [6, 6.07) is 8.07. The number of carbonyl (C=O) groups is 2. The molecule has 0 fully saturated rings. The number of aromatic nitrogens is 2. The van der Waals surface area contributed by atoms with E-state index in [9.17, 15) is 18.8 Å². The number of rotatable bonds is 12. The summed E-state index contributed by atoms with van der Waals surface area (Å²) in [7, 11) is 0. The molecule has 1 N–H and O–H groups in total. The first kappa shape index (κ1) is 34.3. The van der Waals surface area contributed by atoms with Crippen LogP contribution in [-0.2, 0) is 35.3 Å². The number of thiophene rings is 2. The summed E-state index contributed by atoms with van der Waals surface area (Å²) in [6.45, 7) is 13.3. The highest BCUT2D eigenvalue weighted by atomic mass is 32.2. The van der Waals surface area contributed by atoms with Crippen molar-refractivity contribution in [2.75, 3.05) is 17.7 Å². The summed E-state index contributed by atoms with van der Waals surface area (Å²) in [6.07, 6.45) is 4.46. The van der Waals surface area contributed by atoms with Crippen LogP contribution < -0.4 is 10.9 Å². The van der Waals surface area contributed by atoms with E-state index in [2.05, 4.69) is 26.1 Å². The highest BCUT2D eigenvalue weighted by Gasteiger charge is 2.34. The fraction of sp³-hybridized carbons (Fsp3) is 0.486. The molecule has 3 aromatic heterocycles. The maximum absolute atomic E-state index is 14.2. The van der Waals surface area contributed by atoms with E-state index < -0.39 is 5.97 Å². The molecule has 0 radical (unpaired) electrons. The minimum Gasteiger partial charge on any atom is -0.462 e. The molecule has 3 heterocycles. The number of halogens is 1. The first-order valence-corrected chi connectivity index (χ1v) is 18.6. The number of amides is 1. The SMILES string of the molecule is CCOC(=O)c1cc(C(C)C)sc1NC(=O)CSc1nc2sc3c(c2c(=O)n1CCc1ccc(F)cc1)CC[C@H](C(C)(C)CC)C3. The molecule has 4 aromatic rings. The summed E-state index contributed by atoms with van der Waals surface area (Å²) in [4.78, 5) is 48.0. The number of nitrogens with zero attached hydrogens (tertiary/aromatic N) is 2. The molecule has 0 saturated heterocycles. The van der Waals surface area contributed by atoms with Gasteiger partial charge in [-0.1, -0.05) is 64.9 Å². The Labute approximate surface area is 282 Å². The number of esters is 1. The van der Waals surface area contributed by atoms with Crippen LogP contribution in [0.25, 0.3) is 10.2 Å². The van der Waals surface area contributed by atoms with Gasteiger partial charge in [-0.15, -0.1) is 22.7 Å². The van der Waals surface area contributed by atoms with E-state index >= 15 is 0 Å². The third kappa shape index (κ3) is 7.42. The fourth-order valence-electron chi connectivity index (χ4n) is 5.84. The maximum atomic E-state index is 14.2. The van der Waals surface area contributed by atoms with Gasteiger partial charge in [0.2, 0.25) is 5.91 Å². The molecular formula is C35H42FN3O4S3. The Kier molecular flexibility index (Phi) is 10.7. The average molecular weight is 684 g/mol. The second-order valence-electron chi connectivity index (χ2n) is 12.8. The van der Waals surface area contributed by atoms with Crippen LogP contribution in [0.1, 0.15) is 91.5 Å². The summed E-state index contributed by atoms with van der Waals surface area (Å²) >= 11 is 4.18. The zero-order valence-electron chi connectivity index (χ0n) is 27.3. The van der Waals surface area contributed by atoms with E-state index in [1.165, 1.54) is 40.1 Å². The van der Waals surface area contributed by atoms with Gasteiger partial charge in [0, 0.05) is 16.3 Å². The van der Waals surface area contributed by atoms with E-state index in [1.54, 1.807) is 41.0 Å². The molecule has 1 aliphatic rings. The van der Waals surface area contributed by atoms with Gasteiger partial charge in [-0.05, 0) is 79.2 Å². The highest BCUT2D eigenvalue weighted by Crippen LogP contribution is 2.44. The minimum absolute atomic E-state index is 0.00350. The molecule has 0 bridgehead atoms. The van der Waals surface area contributed by atoms with Gasteiger partial charge in [0.1, 0.15) is 15.6 Å². The van der Waals surface area contributed by atoms with Gasteiger partial charge < -0.3 is 10.1 Å². The van der Waals surface area contributed by atoms with E-state index in [1.807, 2.05) is 13.8 Å². The lowest BCUT2D eigenvalue weighted by atomic mass is 9.70. The molecule has 0 aliphatic heterocycles. The Hall–Kier alpha value is -3.02. The van der Waals surface area contributed by atoms with Gasteiger partial charge in [0.05, 0.1) is 23.3 Å². The van der Waals surface area contributed by atoms with E-state index in [0.717, 1.165) is 46.5 Å². The molecule has 0 spiro atoms. The molecule has 246 valence electrons. The monoisotopic (exact) mass is 683 g/mol. The lowest BCUT2D eigenvalue weighted by molar-refractivity contribution is -0.113. The average Bonchev–Trinajstić information content (AvgIpc) is 3.62. The van der Waals surface area contributed by atoms with Crippen molar-refractivity contribution in [2.24, 2.45) is 11.3 Å². The van der Waals surface area contributed by atoms with Crippen molar-refractivity contribution in [3.05, 3.63) is 72.9 Å². The molecule has 1 atom stereocenters. The zero-order valence-corrected chi connectivity index (χ0v) is 29.8. The molecule has 11 heteroatoms. The van der Waals surface area contributed by atoms with Crippen LogP contribution in [0.3, 0.4) is 0 Å². The summed E-state index contributed by atoms with van der Waals surface area (Å²) in [5.41, 5.74) is 2.50. The van der Waals surface area contributed by atoms with Crippen LogP contribution in [0.5, 0.6) is 0 Å². The summed E-state index contributed by atoms with van der Waals surface area (Å²) < 4.78 is 20.4. The Morgan fingerprint density at radius 3 is 2.61 bits per heavy atom. The Bertz CT molecular complexity index is 1790. The van der Waals surface area contributed by atoms with Crippen molar-refractivity contribution in [2.45, 2.75) is 91.3 Å². The van der Waals surface area contributed by atoms with E-state index in [4.69, 9.17) is 9.72 Å². The lowest BCUT2D eigenvalue weighted by Crippen LogP contribution is -2.29. The lowest BCUT2D eigenvalue weighted by Gasteiger charge is -2.36. The Balaban J connectivity index is 1.44. The predicted octanol–water partition coefficient (Wildman–Crippen LogP) is 8.47. The van der Waals surface area contributed by atoms with Crippen LogP contribution in [0.2, 0.25) is 0 Å². The van der Waals surface area contributed by atoms with Gasteiger partial charge in [-0.3, -0.25) is 14.2 Å². The van der Waals surface area contributed by atoms with Gasteiger partial charge in [-0.2, -0.15) is 0 Å². The van der Waals surface area contributed by atoms with Crippen molar-refractivity contribution in [3.8, 4) is 0 Å². The number of aryl methyl sites for hydroxylation is 2. The third-order valence-electron chi connectivity index (χ3n) is 9.09.